The van der Waals surface area contributed by atoms with Crippen LogP contribution in [0.4, 0.5) is 0 Å². The van der Waals surface area contributed by atoms with Crippen LogP contribution in [0.2, 0.25) is 0 Å². The van der Waals surface area contributed by atoms with Crippen molar-refractivity contribution in [2.75, 3.05) is 0 Å². The second kappa shape index (κ2) is 5.98. The Kier molecular flexibility index (Phi) is 5.06. The van der Waals surface area contributed by atoms with Gasteiger partial charge in [-0.05, 0) is 68.7 Å². The van der Waals surface area contributed by atoms with E-state index in [1.165, 1.54) is 22.3 Å². The lowest BCUT2D eigenvalue weighted by molar-refractivity contribution is 0.103. The summed E-state index contributed by atoms with van der Waals surface area (Å²) in [6.45, 7) is 17.7. The molecule has 0 bridgehead atoms. The zero-order valence-corrected chi connectivity index (χ0v) is 14.0. The van der Waals surface area contributed by atoms with E-state index in [1.54, 1.807) is 0 Å². The Morgan fingerprint density at radius 1 is 1.11 bits per heavy atom. The highest BCUT2D eigenvalue weighted by molar-refractivity contribution is 5.50. The van der Waals surface area contributed by atoms with Crippen LogP contribution in [0.25, 0.3) is 0 Å². The first kappa shape index (κ1) is 16.1. The van der Waals surface area contributed by atoms with Gasteiger partial charge in [0.05, 0.1) is 0 Å². The number of hydrogen-bond donors (Lipinski definition) is 0. The number of rotatable bonds is 5. The first-order valence-corrected chi connectivity index (χ1v) is 7.55. The van der Waals surface area contributed by atoms with Gasteiger partial charge in [0.25, 0.3) is 0 Å². The molecule has 1 aromatic rings. The first-order valence-electron chi connectivity index (χ1n) is 7.55. The fourth-order valence-electron chi connectivity index (χ4n) is 2.34. The van der Waals surface area contributed by atoms with E-state index in [0.29, 0.717) is 5.92 Å². The van der Waals surface area contributed by atoms with Crippen molar-refractivity contribution >= 4 is 0 Å². The van der Waals surface area contributed by atoms with Gasteiger partial charge in [-0.3, -0.25) is 0 Å². The third-order valence-electron chi connectivity index (χ3n) is 4.19. The van der Waals surface area contributed by atoms with Crippen molar-refractivity contribution in [2.45, 2.75) is 79.8 Å². The zero-order chi connectivity index (χ0) is 14.8. The van der Waals surface area contributed by atoms with E-state index in [2.05, 4.69) is 61.5 Å². The Morgan fingerprint density at radius 2 is 1.68 bits per heavy atom. The van der Waals surface area contributed by atoms with Crippen molar-refractivity contribution in [2.24, 2.45) is 0 Å². The van der Waals surface area contributed by atoms with Crippen LogP contribution in [0.5, 0.6) is 5.75 Å². The normalized spacial score (nSPS) is 12.1. The molecule has 0 saturated heterocycles. The van der Waals surface area contributed by atoms with Crippen LogP contribution in [0.15, 0.2) is 6.07 Å². The summed E-state index contributed by atoms with van der Waals surface area (Å²) in [6.07, 6.45) is 2.04. The molecule has 1 heteroatoms. The maximum absolute atomic E-state index is 6.32. The minimum atomic E-state index is -0.0968. The van der Waals surface area contributed by atoms with E-state index in [1.807, 2.05) is 0 Å². The molecule has 0 unspecified atom stereocenters. The zero-order valence-electron chi connectivity index (χ0n) is 14.0. The summed E-state index contributed by atoms with van der Waals surface area (Å²) < 4.78 is 6.32. The van der Waals surface area contributed by atoms with E-state index in [9.17, 15) is 0 Å². The molecular formula is C18H30O. The average molecular weight is 262 g/mol. The summed E-state index contributed by atoms with van der Waals surface area (Å²) in [7, 11) is 0. The Bertz CT molecular complexity index is 441. The molecule has 0 aromatic heterocycles. The largest absolute Gasteiger partial charge is 0.487 e. The lowest BCUT2D eigenvalue weighted by Crippen LogP contribution is -2.28. The number of ether oxygens (including phenoxy) is 1. The molecule has 0 aliphatic heterocycles. The van der Waals surface area contributed by atoms with E-state index in [0.717, 1.165) is 18.6 Å². The first-order chi connectivity index (χ1) is 8.73. The van der Waals surface area contributed by atoms with Crippen LogP contribution in [0.3, 0.4) is 0 Å². The fraction of sp³-hybridized carbons (Fsp3) is 0.667. The smallest absolute Gasteiger partial charge is 0.126 e. The lowest BCUT2D eigenvalue weighted by Gasteiger charge is -2.29. The molecule has 0 heterocycles. The number of aryl methyl sites for hydroxylation is 1. The summed E-state index contributed by atoms with van der Waals surface area (Å²) in [5, 5.41) is 0. The van der Waals surface area contributed by atoms with Crippen molar-refractivity contribution < 1.29 is 4.74 Å². The van der Waals surface area contributed by atoms with Crippen LogP contribution in [-0.4, -0.2) is 5.60 Å². The Balaban J connectivity index is 3.36. The van der Waals surface area contributed by atoms with Crippen LogP contribution in [-0.2, 0) is 6.42 Å². The minimum Gasteiger partial charge on any atom is -0.487 e. The Hall–Kier alpha value is -0.980. The second-order valence-corrected chi connectivity index (χ2v) is 6.43. The molecule has 0 spiro atoms. The fourth-order valence-corrected chi connectivity index (χ4v) is 2.34. The maximum Gasteiger partial charge on any atom is 0.126 e. The minimum absolute atomic E-state index is 0.0968. The summed E-state index contributed by atoms with van der Waals surface area (Å²) in [5.41, 5.74) is 5.39. The van der Waals surface area contributed by atoms with Crippen LogP contribution >= 0.6 is 0 Å². The molecule has 108 valence electrons. The molecular weight excluding hydrogens is 232 g/mol. The van der Waals surface area contributed by atoms with Gasteiger partial charge in [-0.2, -0.15) is 0 Å². The van der Waals surface area contributed by atoms with Gasteiger partial charge in [-0.15, -0.1) is 0 Å². The van der Waals surface area contributed by atoms with Gasteiger partial charge in [-0.25, -0.2) is 0 Å². The van der Waals surface area contributed by atoms with Crippen molar-refractivity contribution in [3.05, 3.63) is 28.3 Å². The van der Waals surface area contributed by atoms with Crippen molar-refractivity contribution in [1.29, 1.82) is 0 Å². The van der Waals surface area contributed by atoms with Gasteiger partial charge in [0.1, 0.15) is 11.4 Å². The van der Waals surface area contributed by atoms with Crippen LogP contribution in [0, 0.1) is 13.8 Å². The molecule has 0 saturated carbocycles. The van der Waals surface area contributed by atoms with E-state index >= 15 is 0 Å². The highest BCUT2D eigenvalue weighted by atomic mass is 16.5. The molecule has 0 aliphatic carbocycles. The quantitative estimate of drug-likeness (QED) is 0.675. The molecule has 0 aliphatic rings. The highest BCUT2D eigenvalue weighted by Crippen LogP contribution is 2.35. The molecule has 0 N–H and O–H groups in total. The standard InChI is InChI=1S/C18H30O/c1-9-15-11-16(12(3)4)13(5)14(6)17(15)19-18(7,8)10-2/h11-12H,9-10H2,1-8H3. The van der Waals surface area contributed by atoms with Gasteiger partial charge in [-0.1, -0.05) is 33.8 Å². The number of benzene rings is 1. The molecule has 1 aromatic carbocycles. The number of hydrogen-bond acceptors (Lipinski definition) is 1. The van der Waals surface area contributed by atoms with Crippen LogP contribution in [0.1, 0.15) is 76.1 Å². The van der Waals surface area contributed by atoms with Gasteiger partial charge in [0.2, 0.25) is 0 Å². The maximum atomic E-state index is 6.32. The topological polar surface area (TPSA) is 9.23 Å². The van der Waals surface area contributed by atoms with Crippen molar-refractivity contribution in [1.82, 2.24) is 0 Å². The predicted octanol–water partition coefficient (Wildman–Crippen LogP) is 5.56. The van der Waals surface area contributed by atoms with E-state index in [4.69, 9.17) is 4.74 Å². The third kappa shape index (κ3) is 3.52. The molecule has 0 amide bonds. The monoisotopic (exact) mass is 262 g/mol. The molecule has 19 heavy (non-hydrogen) atoms. The molecule has 1 nitrogen and oxygen atoms in total. The van der Waals surface area contributed by atoms with Gasteiger partial charge in [0.15, 0.2) is 0 Å². The predicted molar refractivity (Wildman–Crippen MR) is 84.4 cm³/mol. The molecule has 0 fully saturated rings. The Morgan fingerprint density at radius 3 is 2.11 bits per heavy atom. The third-order valence-corrected chi connectivity index (χ3v) is 4.19. The highest BCUT2D eigenvalue weighted by Gasteiger charge is 2.22. The van der Waals surface area contributed by atoms with E-state index in [-0.39, 0.29) is 5.60 Å². The van der Waals surface area contributed by atoms with Crippen molar-refractivity contribution in [3.8, 4) is 5.75 Å². The second-order valence-electron chi connectivity index (χ2n) is 6.43. The van der Waals surface area contributed by atoms with Gasteiger partial charge >= 0.3 is 0 Å². The Labute approximate surface area is 119 Å². The molecule has 0 atom stereocenters. The van der Waals surface area contributed by atoms with Crippen molar-refractivity contribution in [3.63, 3.8) is 0 Å². The van der Waals surface area contributed by atoms with E-state index < -0.39 is 0 Å². The van der Waals surface area contributed by atoms with Gasteiger partial charge < -0.3 is 4.74 Å². The average Bonchev–Trinajstić information content (AvgIpc) is 2.35. The summed E-state index contributed by atoms with van der Waals surface area (Å²) in [5.74, 6) is 1.67. The van der Waals surface area contributed by atoms with Gasteiger partial charge in [0, 0.05) is 0 Å². The molecule has 0 radical (unpaired) electrons. The summed E-state index contributed by atoms with van der Waals surface area (Å²) in [4.78, 5) is 0. The SMILES string of the molecule is CCc1cc(C(C)C)c(C)c(C)c1OC(C)(C)CC. The summed E-state index contributed by atoms with van der Waals surface area (Å²) >= 11 is 0. The molecule has 1 rings (SSSR count). The lowest BCUT2D eigenvalue weighted by atomic mass is 9.90. The summed E-state index contributed by atoms with van der Waals surface area (Å²) in [6, 6.07) is 2.34. The van der Waals surface area contributed by atoms with Crippen LogP contribution < -0.4 is 4.74 Å².